The molecule has 7 N–H and O–H groups in total. The van der Waals surface area contributed by atoms with Crippen molar-refractivity contribution in [3.63, 3.8) is 0 Å². The number of anilines is 2. The molecule has 0 aliphatic carbocycles. The molecule has 2 heterocycles. The summed E-state index contributed by atoms with van der Waals surface area (Å²) in [4.78, 5) is 25.0. The number of carbonyl (C=O) groups excluding carboxylic acids is 1. The molecule has 3 aromatic rings. The van der Waals surface area contributed by atoms with Crippen molar-refractivity contribution in [1.82, 2.24) is 9.78 Å². The van der Waals surface area contributed by atoms with Gasteiger partial charge in [0.2, 0.25) is 0 Å². The highest BCUT2D eigenvalue weighted by Crippen LogP contribution is 2.25. The van der Waals surface area contributed by atoms with Gasteiger partial charge in [0.25, 0.3) is 31.7 Å². The van der Waals surface area contributed by atoms with Crippen molar-refractivity contribution in [3.05, 3.63) is 70.0 Å². The second-order valence-corrected chi connectivity index (χ2v) is 10.0. The summed E-state index contributed by atoms with van der Waals surface area (Å²) in [5.41, 5.74) is 11.1. The van der Waals surface area contributed by atoms with E-state index in [4.69, 9.17) is 20.6 Å². The van der Waals surface area contributed by atoms with Gasteiger partial charge in [-0.2, -0.15) is 21.8 Å². The molecular weight excluding hydrogens is 504 g/mol. The van der Waals surface area contributed by atoms with Gasteiger partial charge in [0.15, 0.2) is 5.84 Å². The largest absolute Gasteiger partial charge is 0.383 e. The van der Waals surface area contributed by atoms with E-state index in [1.807, 2.05) is 0 Å². The zero-order valence-corrected chi connectivity index (χ0v) is 19.0. The van der Waals surface area contributed by atoms with Crippen LogP contribution in [0.4, 0.5) is 11.5 Å². The predicted molar refractivity (Wildman–Crippen MR) is 124 cm³/mol. The van der Waals surface area contributed by atoms with E-state index in [2.05, 4.69) is 10.2 Å². The number of hydrogen-bond donors (Lipinski definition) is 5. The van der Waals surface area contributed by atoms with Crippen molar-refractivity contribution in [2.45, 2.75) is 9.79 Å². The first-order valence-corrected chi connectivity index (χ1v) is 12.3. The van der Waals surface area contributed by atoms with Crippen molar-refractivity contribution in [3.8, 4) is 5.69 Å². The summed E-state index contributed by atoms with van der Waals surface area (Å²) in [6.45, 7) is 0. The zero-order chi connectivity index (χ0) is 25.7. The maximum atomic E-state index is 12.9. The Morgan fingerprint density at radius 3 is 1.80 bits per heavy atom. The highest BCUT2D eigenvalue weighted by molar-refractivity contribution is 7.86. The molecule has 1 aliphatic heterocycles. The van der Waals surface area contributed by atoms with Gasteiger partial charge in [-0.3, -0.25) is 23.8 Å². The first-order valence-electron chi connectivity index (χ1n) is 9.44. The topological polar surface area (TPSA) is 231 Å². The Balaban J connectivity index is 1.68. The first-order chi connectivity index (χ1) is 16.3. The van der Waals surface area contributed by atoms with Crippen LogP contribution in [-0.2, 0) is 25.0 Å². The molecule has 16 heteroatoms. The number of amides is 1. The Bertz CT molecular complexity index is 1680. The molecule has 0 atom stereocenters. The van der Waals surface area contributed by atoms with E-state index in [1.54, 1.807) is 0 Å². The van der Waals surface area contributed by atoms with E-state index in [0.29, 0.717) is 0 Å². The molecule has 35 heavy (non-hydrogen) atoms. The van der Waals surface area contributed by atoms with Crippen LogP contribution >= 0.6 is 0 Å². The van der Waals surface area contributed by atoms with Gasteiger partial charge in [-0.1, -0.05) is 0 Å². The molecule has 1 aliphatic rings. The number of hydrazone groups is 1. The highest BCUT2D eigenvalue weighted by atomic mass is 32.2. The summed E-state index contributed by atoms with van der Waals surface area (Å²) in [5.74, 6) is -1.10. The smallest absolute Gasteiger partial charge is 0.294 e. The lowest BCUT2D eigenvalue weighted by Gasteiger charge is -2.11. The van der Waals surface area contributed by atoms with E-state index in [0.717, 1.165) is 40.0 Å². The maximum absolute atomic E-state index is 12.9. The zero-order valence-electron chi connectivity index (χ0n) is 17.4. The molecule has 0 bridgehead atoms. The van der Waals surface area contributed by atoms with Gasteiger partial charge in [-0.05, 0) is 54.6 Å². The van der Waals surface area contributed by atoms with E-state index in [-0.39, 0.29) is 44.0 Å². The summed E-state index contributed by atoms with van der Waals surface area (Å²) in [6, 6.07) is 9.29. The lowest BCUT2D eigenvalue weighted by Crippen LogP contribution is -2.23. The number of benzene rings is 2. The molecule has 0 unspecified atom stereocenters. The molecule has 2 aromatic carbocycles. The average Bonchev–Trinajstić information content (AvgIpc) is 3.23. The number of amidine groups is 1. The molecule has 4 rings (SSSR count). The van der Waals surface area contributed by atoms with Gasteiger partial charge in [0.1, 0.15) is 5.82 Å². The number of nitrogens with one attached hydrogen (secondary N) is 1. The second-order valence-electron chi connectivity index (χ2n) is 7.18. The van der Waals surface area contributed by atoms with Crippen LogP contribution in [0.25, 0.3) is 11.8 Å². The Kier molecular flexibility index (Phi) is 5.60. The van der Waals surface area contributed by atoms with Gasteiger partial charge in [0, 0.05) is 0 Å². The lowest BCUT2D eigenvalue weighted by atomic mass is 10.1. The van der Waals surface area contributed by atoms with Crippen molar-refractivity contribution in [2.75, 3.05) is 10.7 Å². The second kappa shape index (κ2) is 8.20. The Labute approximate surface area is 197 Å². The lowest BCUT2D eigenvalue weighted by molar-refractivity contribution is -0.114. The number of nitrogen functional groups attached to an aromatic ring is 1. The number of nitrogens with two attached hydrogens (primary N) is 2. The van der Waals surface area contributed by atoms with Crippen molar-refractivity contribution < 1.29 is 30.7 Å². The van der Waals surface area contributed by atoms with Crippen molar-refractivity contribution >= 4 is 49.6 Å². The van der Waals surface area contributed by atoms with Gasteiger partial charge >= 0.3 is 0 Å². The van der Waals surface area contributed by atoms with Gasteiger partial charge in [-0.25, -0.2) is 4.68 Å². The summed E-state index contributed by atoms with van der Waals surface area (Å²) >= 11 is 0. The van der Waals surface area contributed by atoms with E-state index < -0.39 is 31.7 Å². The van der Waals surface area contributed by atoms with Crippen LogP contribution in [0, 0.1) is 0 Å². The summed E-state index contributed by atoms with van der Waals surface area (Å²) in [5, 5.41) is 7.40. The molecule has 0 fully saturated rings. The molecule has 14 nitrogen and oxygen atoms in total. The average molecular weight is 521 g/mol. The number of rotatable bonds is 5. The standard InChI is InChI=1S/C19H16N6O8S2/c20-16-14(18(26)24(22-16)10-1-5-12(6-2-10)34(28,29)30)9-15-17(21)23-25(19(15)27)11-3-7-13(8-4-11)35(31,32)33/h1-9,22H,20H2,(H2,21,23)(H,28,29,30)(H,31,32,33)/b15-9-. The predicted octanol–water partition coefficient (Wildman–Crippen LogP) is -0.0564. The molecule has 0 radical (unpaired) electrons. The molecular formula is C19H16N6O8S2. The normalized spacial score (nSPS) is 15.6. The quantitative estimate of drug-likeness (QED) is 0.222. The fraction of sp³-hybridized carbons (Fsp3) is 0. The molecule has 1 aromatic heterocycles. The first kappa shape index (κ1) is 23.9. The van der Waals surface area contributed by atoms with Gasteiger partial charge in [-0.15, -0.1) is 5.10 Å². The van der Waals surface area contributed by atoms with Crippen LogP contribution in [0.5, 0.6) is 0 Å². The minimum atomic E-state index is -4.43. The third-order valence-corrected chi connectivity index (χ3v) is 6.66. The van der Waals surface area contributed by atoms with Crippen LogP contribution in [-0.4, -0.2) is 47.5 Å². The van der Waals surface area contributed by atoms with E-state index in [1.165, 1.54) is 24.3 Å². The van der Waals surface area contributed by atoms with Gasteiger partial charge in [0.05, 0.1) is 32.3 Å². The molecule has 0 saturated heterocycles. The highest BCUT2D eigenvalue weighted by Gasteiger charge is 2.31. The number of nitrogens with zero attached hydrogens (tertiary/aromatic N) is 3. The van der Waals surface area contributed by atoms with Gasteiger partial charge < -0.3 is 11.5 Å². The van der Waals surface area contributed by atoms with Crippen LogP contribution < -0.4 is 22.0 Å². The number of carbonyl (C=O) groups is 1. The summed E-state index contributed by atoms with van der Waals surface area (Å²) in [7, 11) is -8.85. The van der Waals surface area contributed by atoms with Crippen molar-refractivity contribution in [1.29, 1.82) is 0 Å². The fourth-order valence-electron chi connectivity index (χ4n) is 3.20. The van der Waals surface area contributed by atoms with Crippen LogP contribution in [0.2, 0.25) is 0 Å². The number of hydrogen-bond acceptors (Lipinski definition) is 9. The maximum Gasteiger partial charge on any atom is 0.294 e. The number of aromatic amines is 1. The third kappa shape index (κ3) is 4.45. The van der Waals surface area contributed by atoms with Crippen LogP contribution in [0.3, 0.4) is 0 Å². The Morgan fingerprint density at radius 1 is 0.829 bits per heavy atom. The third-order valence-electron chi connectivity index (χ3n) is 4.92. The SMILES string of the molecule is NC1=NN(c2ccc(S(=O)(=O)O)cc2)C(=O)/C1=C\c1c(N)[nH]n(-c2ccc(S(=O)(=O)O)cc2)c1=O. The van der Waals surface area contributed by atoms with Crippen LogP contribution in [0.15, 0.2) is 73.8 Å². The summed E-state index contributed by atoms with van der Waals surface area (Å²) < 4.78 is 64.0. The van der Waals surface area contributed by atoms with E-state index >= 15 is 0 Å². The Morgan fingerprint density at radius 2 is 1.31 bits per heavy atom. The number of H-pyrrole nitrogens is 1. The number of aromatic nitrogens is 2. The van der Waals surface area contributed by atoms with E-state index in [9.17, 15) is 26.4 Å². The minimum Gasteiger partial charge on any atom is -0.383 e. The Hall–Kier alpha value is -4.25. The van der Waals surface area contributed by atoms with Crippen molar-refractivity contribution in [2.24, 2.45) is 10.8 Å². The monoisotopic (exact) mass is 520 g/mol. The molecule has 0 spiro atoms. The molecule has 0 saturated carbocycles. The molecule has 1 amide bonds. The summed E-state index contributed by atoms with van der Waals surface area (Å²) in [6.07, 6.45) is 1.13. The van der Waals surface area contributed by atoms with Crippen LogP contribution in [0.1, 0.15) is 5.56 Å². The molecule has 182 valence electrons. The fourth-order valence-corrected chi connectivity index (χ4v) is 4.16. The minimum absolute atomic E-state index is 0.127.